The molecule has 102 valence electrons. The molecule has 0 bridgehead atoms. The zero-order valence-electron chi connectivity index (χ0n) is 10.5. The first-order chi connectivity index (χ1) is 8.40. The van der Waals surface area contributed by atoms with E-state index in [1.54, 1.807) is 0 Å². The van der Waals surface area contributed by atoms with Crippen molar-refractivity contribution in [1.29, 1.82) is 0 Å². The van der Waals surface area contributed by atoms with Crippen molar-refractivity contribution in [3.05, 3.63) is 23.5 Å². The minimum Gasteiger partial charge on any atom is -0.387 e. The SMILES string of the molecule is CCCNC1=CC(CC)C(N)=NC=C1C(F)(F)F. The molecule has 1 aliphatic rings. The van der Waals surface area contributed by atoms with Gasteiger partial charge in [0.1, 0.15) is 5.84 Å². The number of nitrogens with one attached hydrogen (secondary N) is 1. The number of amidine groups is 1. The maximum Gasteiger partial charge on any atom is 0.419 e. The fraction of sp³-hybridized carbons (Fsp3) is 0.583. The number of hydrogen-bond donors (Lipinski definition) is 2. The monoisotopic (exact) mass is 261 g/mol. The summed E-state index contributed by atoms with van der Waals surface area (Å²) >= 11 is 0. The van der Waals surface area contributed by atoms with Crippen LogP contribution in [0.1, 0.15) is 26.7 Å². The molecule has 0 spiro atoms. The smallest absolute Gasteiger partial charge is 0.387 e. The average Bonchev–Trinajstić information content (AvgIpc) is 2.45. The predicted molar refractivity (Wildman–Crippen MR) is 65.9 cm³/mol. The summed E-state index contributed by atoms with van der Waals surface area (Å²) in [6, 6.07) is 0. The van der Waals surface area contributed by atoms with Crippen molar-refractivity contribution in [3.63, 3.8) is 0 Å². The van der Waals surface area contributed by atoms with Gasteiger partial charge in [0.15, 0.2) is 0 Å². The minimum absolute atomic E-state index is 0.0698. The van der Waals surface area contributed by atoms with E-state index in [9.17, 15) is 13.2 Å². The number of aliphatic imine (C=N–C) groups is 1. The number of nitrogens with zero attached hydrogens (tertiary/aromatic N) is 1. The summed E-state index contributed by atoms with van der Waals surface area (Å²) in [5.74, 6) is -0.0481. The van der Waals surface area contributed by atoms with Crippen LogP contribution >= 0.6 is 0 Å². The third-order valence-electron chi connectivity index (χ3n) is 2.69. The molecule has 0 amide bonds. The Morgan fingerprint density at radius 3 is 2.56 bits per heavy atom. The molecule has 0 aromatic carbocycles. The summed E-state index contributed by atoms with van der Waals surface area (Å²) < 4.78 is 38.7. The molecule has 0 aromatic rings. The molecule has 1 unspecified atom stereocenters. The van der Waals surface area contributed by atoms with Crippen molar-refractivity contribution in [2.75, 3.05) is 6.54 Å². The number of hydrogen-bond acceptors (Lipinski definition) is 3. The lowest BCUT2D eigenvalue weighted by molar-refractivity contribution is -0.0900. The molecular formula is C12H18F3N3. The number of rotatable bonds is 4. The second-order valence-electron chi connectivity index (χ2n) is 4.12. The van der Waals surface area contributed by atoms with Crippen LogP contribution in [0.4, 0.5) is 13.2 Å². The van der Waals surface area contributed by atoms with Crippen molar-refractivity contribution in [3.8, 4) is 0 Å². The van der Waals surface area contributed by atoms with Crippen LogP contribution in [0, 0.1) is 5.92 Å². The number of alkyl halides is 3. The minimum atomic E-state index is -4.43. The second kappa shape index (κ2) is 5.93. The van der Waals surface area contributed by atoms with Gasteiger partial charge in [-0.25, -0.2) is 4.99 Å². The maximum absolute atomic E-state index is 12.9. The molecule has 0 saturated carbocycles. The van der Waals surface area contributed by atoms with E-state index in [1.165, 1.54) is 6.08 Å². The van der Waals surface area contributed by atoms with Gasteiger partial charge < -0.3 is 11.1 Å². The van der Waals surface area contributed by atoms with Crippen molar-refractivity contribution in [2.45, 2.75) is 32.9 Å². The highest BCUT2D eigenvalue weighted by atomic mass is 19.4. The zero-order valence-corrected chi connectivity index (χ0v) is 10.5. The third-order valence-corrected chi connectivity index (χ3v) is 2.69. The molecule has 3 N–H and O–H groups in total. The van der Waals surface area contributed by atoms with E-state index in [4.69, 9.17) is 5.73 Å². The van der Waals surface area contributed by atoms with Gasteiger partial charge in [-0.1, -0.05) is 13.8 Å². The van der Waals surface area contributed by atoms with Gasteiger partial charge >= 0.3 is 6.18 Å². The van der Waals surface area contributed by atoms with Gasteiger partial charge in [0, 0.05) is 24.4 Å². The highest BCUT2D eigenvalue weighted by molar-refractivity contribution is 5.85. The first-order valence-electron chi connectivity index (χ1n) is 5.96. The van der Waals surface area contributed by atoms with Gasteiger partial charge in [0.2, 0.25) is 0 Å². The van der Waals surface area contributed by atoms with E-state index in [0.717, 1.165) is 12.6 Å². The molecule has 1 rings (SSSR count). The van der Waals surface area contributed by atoms with Crippen LogP contribution in [0.5, 0.6) is 0 Å². The van der Waals surface area contributed by atoms with Crippen LogP contribution in [0.25, 0.3) is 0 Å². The maximum atomic E-state index is 12.9. The predicted octanol–water partition coefficient (Wildman–Crippen LogP) is 2.71. The quantitative estimate of drug-likeness (QED) is 0.817. The van der Waals surface area contributed by atoms with Gasteiger partial charge in [-0.15, -0.1) is 0 Å². The Labute approximate surface area is 105 Å². The molecule has 6 heteroatoms. The Bertz CT molecular complexity index is 381. The lowest BCUT2D eigenvalue weighted by Crippen LogP contribution is -2.25. The van der Waals surface area contributed by atoms with Gasteiger partial charge in [-0.3, -0.25) is 0 Å². The first-order valence-corrected chi connectivity index (χ1v) is 5.96. The fourth-order valence-electron chi connectivity index (χ4n) is 1.65. The zero-order chi connectivity index (χ0) is 13.8. The Morgan fingerprint density at radius 1 is 1.39 bits per heavy atom. The summed E-state index contributed by atoms with van der Waals surface area (Å²) in [7, 11) is 0. The van der Waals surface area contributed by atoms with Crippen molar-refractivity contribution >= 4 is 5.84 Å². The van der Waals surface area contributed by atoms with E-state index in [2.05, 4.69) is 10.3 Å². The summed E-state index contributed by atoms with van der Waals surface area (Å²) in [6.45, 7) is 4.23. The van der Waals surface area contributed by atoms with Crippen LogP contribution in [0.15, 0.2) is 28.5 Å². The number of allylic oxidation sites excluding steroid dienone is 1. The van der Waals surface area contributed by atoms with E-state index in [-0.39, 0.29) is 17.5 Å². The largest absolute Gasteiger partial charge is 0.419 e. The highest BCUT2D eigenvalue weighted by Gasteiger charge is 2.37. The number of nitrogens with two attached hydrogens (primary N) is 1. The lowest BCUT2D eigenvalue weighted by Gasteiger charge is -2.17. The number of halogens is 3. The highest BCUT2D eigenvalue weighted by Crippen LogP contribution is 2.32. The van der Waals surface area contributed by atoms with Gasteiger partial charge in [0.25, 0.3) is 0 Å². The van der Waals surface area contributed by atoms with Crippen LogP contribution in [-0.4, -0.2) is 18.6 Å². The summed E-state index contributed by atoms with van der Waals surface area (Å²) in [4.78, 5) is 3.70. The molecular weight excluding hydrogens is 243 g/mol. The topological polar surface area (TPSA) is 50.4 Å². The first kappa shape index (κ1) is 14.6. The molecule has 0 fully saturated rings. The van der Waals surface area contributed by atoms with Crippen LogP contribution < -0.4 is 11.1 Å². The van der Waals surface area contributed by atoms with Gasteiger partial charge in [0.05, 0.1) is 5.57 Å². The van der Waals surface area contributed by atoms with E-state index in [1.807, 2.05) is 13.8 Å². The van der Waals surface area contributed by atoms with E-state index >= 15 is 0 Å². The Kier molecular flexibility index (Phi) is 4.81. The average molecular weight is 261 g/mol. The summed E-state index contributed by atoms with van der Waals surface area (Å²) in [5.41, 5.74) is 4.95. The molecule has 1 heterocycles. The fourth-order valence-corrected chi connectivity index (χ4v) is 1.65. The third kappa shape index (κ3) is 3.51. The van der Waals surface area contributed by atoms with E-state index in [0.29, 0.717) is 13.0 Å². The molecule has 1 aliphatic heterocycles. The van der Waals surface area contributed by atoms with E-state index < -0.39 is 11.7 Å². The molecule has 0 saturated heterocycles. The summed E-state index contributed by atoms with van der Waals surface area (Å²) in [5, 5.41) is 2.80. The summed E-state index contributed by atoms with van der Waals surface area (Å²) in [6.07, 6.45) is -0.749. The molecule has 0 aromatic heterocycles. The Hall–Kier alpha value is -1.46. The van der Waals surface area contributed by atoms with Crippen molar-refractivity contribution in [2.24, 2.45) is 16.6 Å². The normalized spacial score (nSPS) is 20.7. The van der Waals surface area contributed by atoms with Crippen LogP contribution in [0.2, 0.25) is 0 Å². The van der Waals surface area contributed by atoms with Gasteiger partial charge in [-0.2, -0.15) is 13.2 Å². The molecule has 0 radical (unpaired) electrons. The molecule has 0 aliphatic carbocycles. The van der Waals surface area contributed by atoms with Crippen molar-refractivity contribution < 1.29 is 13.2 Å². The van der Waals surface area contributed by atoms with Crippen molar-refractivity contribution in [1.82, 2.24) is 5.32 Å². The molecule has 3 nitrogen and oxygen atoms in total. The standard InChI is InChI=1S/C12H18F3N3/c1-3-5-17-10-6-8(4-2)11(16)18-7-9(10)12(13,14)15/h6-8,17H,3-5H2,1-2H3,(H2,16,18). The van der Waals surface area contributed by atoms with Crippen LogP contribution in [0.3, 0.4) is 0 Å². The molecule has 1 atom stereocenters. The van der Waals surface area contributed by atoms with Gasteiger partial charge in [-0.05, 0) is 18.9 Å². The lowest BCUT2D eigenvalue weighted by atomic mass is 10.0. The second-order valence-corrected chi connectivity index (χ2v) is 4.12. The Morgan fingerprint density at radius 2 is 2.06 bits per heavy atom. The Balaban J connectivity index is 3.11. The molecule has 18 heavy (non-hydrogen) atoms. The van der Waals surface area contributed by atoms with Crippen LogP contribution in [-0.2, 0) is 0 Å².